The number of ether oxygens (including phenoxy) is 1. The van der Waals surface area contributed by atoms with Gasteiger partial charge in [-0.05, 0) is 42.7 Å². The molecule has 2 amide bonds. The van der Waals surface area contributed by atoms with Gasteiger partial charge in [0.1, 0.15) is 12.4 Å². The molecular formula is C25H28N4O4. The van der Waals surface area contributed by atoms with E-state index in [-0.39, 0.29) is 29.7 Å². The topological polar surface area (TPSA) is 98.8 Å². The van der Waals surface area contributed by atoms with E-state index in [4.69, 9.17) is 4.74 Å². The van der Waals surface area contributed by atoms with E-state index in [2.05, 4.69) is 10.2 Å². The van der Waals surface area contributed by atoms with Gasteiger partial charge in [-0.1, -0.05) is 25.7 Å². The SMILES string of the molecule is CN(C(=O)c1cc2c(CC3CCCC3)n[nH]c2cc1O)c1ccc(N2CCOCC2=O)cc1. The van der Waals surface area contributed by atoms with Gasteiger partial charge in [-0.25, -0.2) is 0 Å². The van der Waals surface area contributed by atoms with Crippen molar-refractivity contribution in [3.63, 3.8) is 0 Å². The van der Waals surface area contributed by atoms with Crippen LogP contribution in [0.2, 0.25) is 0 Å². The highest BCUT2D eigenvalue weighted by Gasteiger charge is 2.23. The van der Waals surface area contributed by atoms with Crippen LogP contribution < -0.4 is 9.80 Å². The van der Waals surface area contributed by atoms with E-state index < -0.39 is 0 Å². The minimum atomic E-state index is -0.308. The van der Waals surface area contributed by atoms with Gasteiger partial charge in [0.15, 0.2) is 0 Å². The third-order valence-electron chi connectivity index (χ3n) is 6.78. The van der Waals surface area contributed by atoms with Crippen molar-refractivity contribution in [3.8, 4) is 5.75 Å². The number of fused-ring (bicyclic) bond motifs is 1. The first-order valence-electron chi connectivity index (χ1n) is 11.5. The van der Waals surface area contributed by atoms with E-state index >= 15 is 0 Å². The molecule has 8 heteroatoms. The van der Waals surface area contributed by atoms with Crippen LogP contribution in [0.3, 0.4) is 0 Å². The number of H-pyrrole nitrogens is 1. The van der Waals surface area contributed by atoms with Gasteiger partial charge in [-0.3, -0.25) is 14.7 Å². The maximum atomic E-state index is 13.3. The van der Waals surface area contributed by atoms with Crippen molar-refractivity contribution in [2.24, 2.45) is 5.92 Å². The number of hydrogen-bond acceptors (Lipinski definition) is 5. The number of rotatable bonds is 5. The lowest BCUT2D eigenvalue weighted by Crippen LogP contribution is -2.41. The van der Waals surface area contributed by atoms with E-state index in [0.717, 1.165) is 28.7 Å². The zero-order valence-electron chi connectivity index (χ0n) is 18.7. The molecular weight excluding hydrogens is 420 g/mol. The van der Waals surface area contributed by atoms with Gasteiger partial charge in [-0.2, -0.15) is 5.10 Å². The van der Waals surface area contributed by atoms with Crippen molar-refractivity contribution in [2.45, 2.75) is 32.1 Å². The third-order valence-corrected chi connectivity index (χ3v) is 6.78. The first-order chi connectivity index (χ1) is 16.0. The van der Waals surface area contributed by atoms with Gasteiger partial charge in [0, 0.05) is 36.4 Å². The summed E-state index contributed by atoms with van der Waals surface area (Å²) in [5.74, 6) is 0.165. The quantitative estimate of drug-likeness (QED) is 0.621. The Labute approximate surface area is 192 Å². The minimum absolute atomic E-state index is 0.0778. The predicted molar refractivity (Wildman–Crippen MR) is 126 cm³/mol. The molecule has 33 heavy (non-hydrogen) atoms. The van der Waals surface area contributed by atoms with Crippen LogP contribution in [0.4, 0.5) is 11.4 Å². The molecule has 0 atom stereocenters. The zero-order chi connectivity index (χ0) is 22.9. The molecule has 3 aromatic rings. The molecule has 172 valence electrons. The molecule has 0 spiro atoms. The van der Waals surface area contributed by atoms with Gasteiger partial charge in [-0.15, -0.1) is 0 Å². The van der Waals surface area contributed by atoms with Crippen molar-refractivity contribution in [3.05, 3.63) is 47.7 Å². The highest BCUT2D eigenvalue weighted by Crippen LogP contribution is 2.33. The number of aromatic amines is 1. The molecule has 2 aromatic carbocycles. The number of morpholine rings is 1. The molecule has 0 radical (unpaired) electrons. The van der Waals surface area contributed by atoms with Crippen LogP contribution in [0.25, 0.3) is 10.9 Å². The Morgan fingerprint density at radius 1 is 1.24 bits per heavy atom. The molecule has 2 fully saturated rings. The summed E-state index contributed by atoms with van der Waals surface area (Å²) in [6.45, 7) is 1.09. The summed E-state index contributed by atoms with van der Waals surface area (Å²) in [5.41, 5.74) is 3.37. The van der Waals surface area contributed by atoms with Gasteiger partial charge in [0.2, 0.25) is 0 Å². The number of aromatic hydroxyl groups is 1. The Kier molecular flexibility index (Phi) is 5.76. The monoisotopic (exact) mass is 448 g/mol. The van der Waals surface area contributed by atoms with Gasteiger partial charge in [0.25, 0.3) is 11.8 Å². The number of aromatic nitrogens is 2. The summed E-state index contributed by atoms with van der Waals surface area (Å²) in [6.07, 6.45) is 5.84. The molecule has 8 nitrogen and oxygen atoms in total. The lowest BCUT2D eigenvalue weighted by Gasteiger charge is -2.27. The van der Waals surface area contributed by atoms with Crippen molar-refractivity contribution >= 4 is 34.1 Å². The van der Waals surface area contributed by atoms with Crippen LogP contribution in [0.15, 0.2) is 36.4 Å². The summed E-state index contributed by atoms with van der Waals surface area (Å²) < 4.78 is 5.18. The van der Waals surface area contributed by atoms with Crippen LogP contribution in [-0.4, -0.2) is 53.9 Å². The summed E-state index contributed by atoms with van der Waals surface area (Å²) in [4.78, 5) is 28.5. The van der Waals surface area contributed by atoms with E-state index in [0.29, 0.717) is 24.8 Å². The average Bonchev–Trinajstić information content (AvgIpc) is 3.48. The number of benzene rings is 2. The maximum Gasteiger partial charge on any atom is 0.261 e. The molecule has 2 heterocycles. The van der Waals surface area contributed by atoms with Crippen molar-refractivity contribution in [2.75, 3.05) is 36.6 Å². The fourth-order valence-corrected chi connectivity index (χ4v) is 4.87. The summed E-state index contributed by atoms with van der Waals surface area (Å²) in [7, 11) is 1.68. The maximum absolute atomic E-state index is 13.3. The van der Waals surface area contributed by atoms with Gasteiger partial charge in [0.05, 0.1) is 23.4 Å². The fourth-order valence-electron chi connectivity index (χ4n) is 4.87. The predicted octanol–water partition coefficient (Wildman–Crippen LogP) is 3.64. The summed E-state index contributed by atoms with van der Waals surface area (Å²) in [5, 5.41) is 18.9. The van der Waals surface area contributed by atoms with E-state index in [9.17, 15) is 14.7 Å². The van der Waals surface area contributed by atoms with E-state index in [1.165, 1.54) is 30.6 Å². The Morgan fingerprint density at radius 2 is 2.00 bits per heavy atom. The Balaban J connectivity index is 1.38. The van der Waals surface area contributed by atoms with Crippen molar-refractivity contribution in [1.82, 2.24) is 10.2 Å². The molecule has 1 aromatic heterocycles. The number of amides is 2. The standard InChI is InChI=1S/C25H28N4O4/c1-28(17-6-8-18(9-7-17)29-10-11-33-15-24(29)31)25(32)20-13-19-21(12-16-4-2-3-5-16)26-27-22(19)14-23(20)30/h6-9,13-14,16,30H,2-5,10-12,15H2,1H3,(H,26,27). The molecule has 2 aliphatic rings. The smallest absolute Gasteiger partial charge is 0.261 e. The first kappa shape index (κ1) is 21.5. The number of anilines is 2. The lowest BCUT2D eigenvalue weighted by molar-refractivity contribution is -0.125. The third kappa shape index (κ3) is 4.18. The summed E-state index contributed by atoms with van der Waals surface area (Å²) in [6, 6.07) is 10.6. The highest BCUT2D eigenvalue weighted by atomic mass is 16.5. The second-order valence-corrected chi connectivity index (χ2v) is 8.92. The number of phenols is 1. The van der Waals surface area contributed by atoms with Gasteiger partial charge >= 0.3 is 0 Å². The molecule has 0 unspecified atom stereocenters. The summed E-state index contributed by atoms with van der Waals surface area (Å²) >= 11 is 0. The zero-order valence-corrected chi connectivity index (χ0v) is 18.7. The molecule has 0 bridgehead atoms. The normalized spacial score (nSPS) is 17.1. The lowest BCUT2D eigenvalue weighted by atomic mass is 9.99. The molecule has 2 N–H and O–H groups in total. The Bertz CT molecular complexity index is 1180. The average molecular weight is 449 g/mol. The second-order valence-electron chi connectivity index (χ2n) is 8.92. The van der Waals surface area contributed by atoms with Gasteiger partial charge < -0.3 is 19.6 Å². The molecule has 1 saturated carbocycles. The second kappa shape index (κ2) is 8.86. The number of phenolic OH excluding ortho intramolecular Hbond substituents is 1. The van der Waals surface area contributed by atoms with E-state index in [1.807, 2.05) is 12.1 Å². The van der Waals surface area contributed by atoms with E-state index in [1.54, 1.807) is 36.2 Å². The number of nitrogens with zero attached hydrogens (tertiary/aromatic N) is 3. The van der Waals surface area contributed by atoms with Crippen LogP contribution >= 0.6 is 0 Å². The molecule has 1 saturated heterocycles. The Morgan fingerprint density at radius 3 is 2.73 bits per heavy atom. The Hall–Kier alpha value is -3.39. The highest BCUT2D eigenvalue weighted by molar-refractivity contribution is 6.09. The molecule has 5 rings (SSSR count). The van der Waals surface area contributed by atoms with Crippen molar-refractivity contribution < 1.29 is 19.4 Å². The minimum Gasteiger partial charge on any atom is -0.507 e. The fraction of sp³-hybridized carbons (Fsp3) is 0.400. The number of carbonyl (C=O) groups excluding carboxylic acids is 2. The first-order valence-corrected chi connectivity index (χ1v) is 11.5. The number of carbonyl (C=O) groups is 2. The van der Waals surface area contributed by atoms with Crippen LogP contribution in [-0.2, 0) is 16.0 Å². The largest absolute Gasteiger partial charge is 0.507 e. The van der Waals surface area contributed by atoms with Crippen molar-refractivity contribution in [1.29, 1.82) is 0 Å². The van der Waals surface area contributed by atoms with Crippen LogP contribution in [0, 0.1) is 5.92 Å². The molecule has 1 aliphatic heterocycles. The van der Waals surface area contributed by atoms with Crippen LogP contribution in [0.5, 0.6) is 5.75 Å². The molecule has 1 aliphatic carbocycles. The number of hydrogen-bond donors (Lipinski definition) is 2. The number of nitrogens with one attached hydrogen (secondary N) is 1. The van der Waals surface area contributed by atoms with Crippen LogP contribution in [0.1, 0.15) is 41.7 Å².